The Bertz CT molecular complexity index is 566. The van der Waals surface area contributed by atoms with E-state index in [-0.39, 0.29) is 11.8 Å². The summed E-state index contributed by atoms with van der Waals surface area (Å²) >= 11 is 6.07. The molecule has 0 heterocycles. The highest BCUT2D eigenvalue weighted by Crippen LogP contribution is 2.42. The van der Waals surface area contributed by atoms with Crippen LogP contribution in [0.15, 0.2) is 24.3 Å². The predicted molar refractivity (Wildman–Crippen MR) is 96.1 cm³/mol. The van der Waals surface area contributed by atoms with E-state index in [1.807, 2.05) is 25.2 Å². The largest absolute Gasteiger partial charge is 0.490 e. The maximum atomic E-state index is 12.7. The highest BCUT2D eigenvalue weighted by atomic mass is 35.5. The van der Waals surface area contributed by atoms with Gasteiger partial charge in [-0.25, -0.2) is 0 Å². The van der Waals surface area contributed by atoms with Gasteiger partial charge in [-0.2, -0.15) is 0 Å². The van der Waals surface area contributed by atoms with E-state index in [2.05, 4.69) is 0 Å². The average molecular weight is 351 g/mol. The van der Waals surface area contributed by atoms with Crippen molar-refractivity contribution in [3.05, 3.63) is 29.3 Å². The van der Waals surface area contributed by atoms with Gasteiger partial charge < -0.3 is 15.4 Å². The van der Waals surface area contributed by atoms with Crippen molar-refractivity contribution in [1.82, 2.24) is 4.90 Å². The van der Waals surface area contributed by atoms with E-state index in [9.17, 15) is 4.79 Å². The summed E-state index contributed by atoms with van der Waals surface area (Å²) in [5.41, 5.74) is 6.32. The van der Waals surface area contributed by atoms with Gasteiger partial charge in [0.15, 0.2) is 0 Å². The summed E-state index contributed by atoms with van der Waals surface area (Å²) in [4.78, 5) is 14.5. The topological polar surface area (TPSA) is 55.6 Å². The summed E-state index contributed by atoms with van der Waals surface area (Å²) in [6, 6.07) is 7.70. The lowest BCUT2D eigenvalue weighted by molar-refractivity contribution is -0.137. The van der Waals surface area contributed by atoms with E-state index in [1.165, 1.54) is 19.3 Å². The summed E-state index contributed by atoms with van der Waals surface area (Å²) in [6.45, 7) is 1.02. The summed E-state index contributed by atoms with van der Waals surface area (Å²) in [5.74, 6) is 2.09. The molecule has 24 heavy (non-hydrogen) atoms. The fraction of sp³-hybridized carbons (Fsp3) is 0.632. The van der Waals surface area contributed by atoms with Crippen molar-refractivity contribution in [3.8, 4) is 5.75 Å². The molecule has 1 amide bonds. The Morgan fingerprint density at radius 3 is 2.62 bits per heavy atom. The molecule has 0 aliphatic heterocycles. The van der Waals surface area contributed by atoms with Crippen molar-refractivity contribution in [2.45, 2.75) is 38.1 Å². The minimum atomic E-state index is 0.130. The van der Waals surface area contributed by atoms with Gasteiger partial charge in [0.1, 0.15) is 12.4 Å². The Hall–Kier alpha value is -1.26. The zero-order valence-electron chi connectivity index (χ0n) is 14.3. The number of ether oxygens (including phenoxy) is 1. The van der Waals surface area contributed by atoms with E-state index in [4.69, 9.17) is 22.1 Å². The molecule has 1 aromatic rings. The number of para-hydroxylation sites is 1. The van der Waals surface area contributed by atoms with E-state index in [0.717, 1.165) is 12.8 Å². The normalized spacial score (nSPS) is 29.1. The van der Waals surface area contributed by atoms with Crippen LogP contribution in [0.2, 0.25) is 5.02 Å². The zero-order valence-corrected chi connectivity index (χ0v) is 15.0. The van der Waals surface area contributed by atoms with Crippen LogP contribution in [0.25, 0.3) is 0 Å². The molecule has 2 bridgehead atoms. The molecule has 2 unspecified atom stereocenters. The minimum Gasteiger partial charge on any atom is -0.490 e. The fourth-order valence-electron chi connectivity index (χ4n) is 4.27. The second kappa shape index (κ2) is 7.75. The molecule has 2 N–H and O–H groups in total. The van der Waals surface area contributed by atoms with Gasteiger partial charge in [0, 0.05) is 19.0 Å². The smallest absolute Gasteiger partial charge is 0.225 e. The number of carbonyl (C=O) groups excluding carboxylic acids is 1. The number of nitrogens with two attached hydrogens (primary N) is 1. The number of amides is 1. The molecule has 132 valence electrons. The Kier molecular flexibility index (Phi) is 5.67. The van der Waals surface area contributed by atoms with E-state index < -0.39 is 0 Å². The molecule has 0 spiro atoms. The van der Waals surface area contributed by atoms with Gasteiger partial charge >= 0.3 is 0 Å². The van der Waals surface area contributed by atoms with E-state index in [1.54, 1.807) is 11.0 Å². The van der Waals surface area contributed by atoms with Crippen LogP contribution in [0.4, 0.5) is 0 Å². The lowest BCUT2D eigenvalue weighted by atomic mass is 9.65. The lowest BCUT2D eigenvalue weighted by Crippen LogP contribution is -2.49. The van der Waals surface area contributed by atoms with E-state index in [0.29, 0.717) is 41.8 Å². The molecular formula is C19H27ClN2O2. The summed E-state index contributed by atoms with van der Waals surface area (Å²) in [6.07, 6.45) is 5.53. The Morgan fingerprint density at radius 2 is 1.96 bits per heavy atom. The number of halogens is 1. The average Bonchev–Trinajstić information content (AvgIpc) is 2.55. The number of hydrogen-bond donors (Lipinski definition) is 1. The van der Waals surface area contributed by atoms with Gasteiger partial charge in [0.05, 0.1) is 11.6 Å². The first-order chi connectivity index (χ1) is 11.6. The Morgan fingerprint density at radius 1 is 1.29 bits per heavy atom. The van der Waals surface area contributed by atoms with Crippen LogP contribution in [0, 0.1) is 17.8 Å². The van der Waals surface area contributed by atoms with Crippen LogP contribution in [0.5, 0.6) is 5.75 Å². The second-order valence-electron chi connectivity index (χ2n) is 7.24. The highest BCUT2D eigenvalue weighted by molar-refractivity contribution is 6.32. The fourth-order valence-corrected chi connectivity index (χ4v) is 4.46. The first-order valence-electron chi connectivity index (χ1n) is 8.94. The van der Waals surface area contributed by atoms with Crippen LogP contribution in [0.1, 0.15) is 32.1 Å². The summed E-state index contributed by atoms with van der Waals surface area (Å²) in [7, 11) is 1.86. The van der Waals surface area contributed by atoms with Gasteiger partial charge in [-0.15, -0.1) is 0 Å². The molecule has 2 aliphatic carbocycles. The van der Waals surface area contributed by atoms with Gasteiger partial charge in [-0.3, -0.25) is 4.79 Å². The van der Waals surface area contributed by atoms with Crippen LogP contribution < -0.4 is 10.5 Å². The van der Waals surface area contributed by atoms with Crippen molar-refractivity contribution in [2.24, 2.45) is 23.5 Å². The van der Waals surface area contributed by atoms with Crippen LogP contribution in [-0.2, 0) is 4.79 Å². The molecule has 4 nitrogen and oxygen atoms in total. The molecule has 2 saturated carbocycles. The predicted octanol–water partition coefficient (Wildman–Crippen LogP) is 3.33. The number of carbonyl (C=O) groups is 1. The standard InChI is InChI=1S/C19H27ClN2O2/c1-22(9-10-24-17-8-3-2-7-16(17)20)19(23)15-11-13-5-4-6-14(12-15)18(13)21/h2-3,7-8,13-15,18H,4-6,9-12,21H2,1H3. The maximum Gasteiger partial charge on any atom is 0.225 e. The molecule has 3 rings (SSSR count). The van der Waals surface area contributed by atoms with Crippen molar-refractivity contribution >= 4 is 17.5 Å². The maximum absolute atomic E-state index is 12.7. The van der Waals surface area contributed by atoms with Crippen molar-refractivity contribution in [1.29, 1.82) is 0 Å². The Balaban J connectivity index is 1.49. The quantitative estimate of drug-likeness (QED) is 0.886. The molecule has 2 fully saturated rings. The third-order valence-corrected chi connectivity index (χ3v) is 5.97. The van der Waals surface area contributed by atoms with Crippen molar-refractivity contribution < 1.29 is 9.53 Å². The van der Waals surface area contributed by atoms with Gasteiger partial charge in [-0.1, -0.05) is 30.2 Å². The zero-order chi connectivity index (χ0) is 17.1. The molecule has 1 aromatic carbocycles. The summed E-state index contributed by atoms with van der Waals surface area (Å²) < 4.78 is 5.69. The van der Waals surface area contributed by atoms with Gasteiger partial charge in [0.2, 0.25) is 5.91 Å². The molecule has 0 radical (unpaired) electrons. The Labute approximate surface area is 149 Å². The molecule has 5 heteroatoms. The van der Waals surface area contributed by atoms with Crippen LogP contribution in [-0.4, -0.2) is 37.0 Å². The monoisotopic (exact) mass is 350 g/mol. The molecule has 2 atom stereocenters. The third-order valence-electron chi connectivity index (χ3n) is 5.66. The number of rotatable bonds is 5. The van der Waals surface area contributed by atoms with Crippen LogP contribution in [0.3, 0.4) is 0 Å². The number of fused-ring (bicyclic) bond motifs is 2. The van der Waals surface area contributed by atoms with Crippen molar-refractivity contribution in [2.75, 3.05) is 20.2 Å². The molecule has 2 aliphatic rings. The van der Waals surface area contributed by atoms with Crippen molar-refractivity contribution in [3.63, 3.8) is 0 Å². The first kappa shape index (κ1) is 17.6. The number of benzene rings is 1. The number of hydrogen-bond acceptors (Lipinski definition) is 3. The number of nitrogens with zero attached hydrogens (tertiary/aromatic N) is 1. The minimum absolute atomic E-state index is 0.130. The number of likely N-dealkylation sites (N-methyl/N-ethyl adjacent to an activating group) is 1. The molecule has 0 aromatic heterocycles. The SMILES string of the molecule is CN(CCOc1ccccc1Cl)C(=O)C1CC2CCCC(C1)C2N. The van der Waals surface area contributed by atoms with Gasteiger partial charge in [-0.05, 0) is 49.7 Å². The van der Waals surface area contributed by atoms with Crippen LogP contribution >= 0.6 is 11.6 Å². The second-order valence-corrected chi connectivity index (χ2v) is 7.64. The molecule has 0 saturated heterocycles. The lowest BCUT2D eigenvalue weighted by Gasteiger charge is -2.44. The highest BCUT2D eigenvalue weighted by Gasteiger charge is 2.41. The third kappa shape index (κ3) is 3.86. The molecular weight excluding hydrogens is 324 g/mol. The summed E-state index contributed by atoms with van der Waals surface area (Å²) in [5, 5.41) is 0.598. The van der Waals surface area contributed by atoms with Gasteiger partial charge in [0.25, 0.3) is 0 Å². The first-order valence-corrected chi connectivity index (χ1v) is 9.32. The van der Waals surface area contributed by atoms with E-state index >= 15 is 0 Å².